The van der Waals surface area contributed by atoms with Gasteiger partial charge in [-0.15, -0.1) is 0 Å². The molecule has 2 fully saturated rings. The Morgan fingerprint density at radius 1 is 1.21 bits per heavy atom. The lowest BCUT2D eigenvalue weighted by molar-refractivity contribution is -0.117. The van der Waals surface area contributed by atoms with E-state index in [9.17, 15) is 4.79 Å². The second-order valence-corrected chi connectivity index (χ2v) is 9.55. The van der Waals surface area contributed by atoms with Crippen molar-refractivity contribution < 1.29 is 18.8 Å². The molecule has 9 heteroatoms. The summed E-state index contributed by atoms with van der Waals surface area (Å²) in [6.45, 7) is 0.768. The van der Waals surface area contributed by atoms with Crippen molar-refractivity contribution >= 4 is 29.4 Å². The van der Waals surface area contributed by atoms with Crippen LogP contribution in [0.4, 0.5) is 11.5 Å². The van der Waals surface area contributed by atoms with Crippen LogP contribution in [0.1, 0.15) is 36.8 Å². The monoisotopic (exact) mass is 464 g/mol. The van der Waals surface area contributed by atoms with Crippen molar-refractivity contribution in [2.24, 2.45) is 0 Å². The SMILES string of the molecule is COc1ccnc(OC)c1SNc1noc2c1CC1(CC1)c1ccc(N3CCCC3=O)cc1-2. The van der Waals surface area contributed by atoms with E-state index in [1.807, 2.05) is 4.90 Å². The number of rotatable bonds is 6. The van der Waals surface area contributed by atoms with E-state index >= 15 is 0 Å². The van der Waals surface area contributed by atoms with Crippen LogP contribution >= 0.6 is 11.9 Å². The molecule has 1 saturated heterocycles. The fraction of sp³-hybridized carbons (Fsp3) is 0.375. The van der Waals surface area contributed by atoms with Gasteiger partial charge >= 0.3 is 0 Å². The molecule has 3 aliphatic rings. The zero-order valence-electron chi connectivity index (χ0n) is 18.5. The predicted octanol–water partition coefficient (Wildman–Crippen LogP) is 4.59. The fourth-order valence-corrected chi connectivity index (χ4v) is 5.81. The predicted molar refractivity (Wildman–Crippen MR) is 125 cm³/mol. The van der Waals surface area contributed by atoms with E-state index in [2.05, 4.69) is 33.1 Å². The minimum atomic E-state index is 0.131. The topological polar surface area (TPSA) is 89.7 Å². The summed E-state index contributed by atoms with van der Waals surface area (Å²) in [7, 11) is 3.20. The summed E-state index contributed by atoms with van der Waals surface area (Å²) in [5.74, 6) is 2.81. The van der Waals surface area contributed by atoms with Gasteiger partial charge in [-0.3, -0.25) is 4.79 Å². The van der Waals surface area contributed by atoms with Crippen LogP contribution in [0.5, 0.6) is 11.6 Å². The molecule has 1 aliphatic heterocycles. The van der Waals surface area contributed by atoms with Crippen molar-refractivity contribution in [2.75, 3.05) is 30.4 Å². The molecule has 6 rings (SSSR count). The molecule has 3 heterocycles. The zero-order chi connectivity index (χ0) is 22.6. The highest BCUT2D eigenvalue weighted by Gasteiger charge is 2.50. The quantitative estimate of drug-likeness (QED) is 0.530. The van der Waals surface area contributed by atoms with Crippen LogP contribution in [0.25, 0.3) is 11.3 Å². The summed E-state index contributed by atoms with van der Waals surface area (Å²) >= 11 is 1.34. The van der Waals surface area contributed by atoms with Crippen LogP contribution in [-0.2, 0) is 16.6 Å². The van der Waals surface area contributed by atoms with Crippen LogP contribution in [0.2, 0.25) is 0 Å². The highest BCUT2D eigenvalue weighted by molar-refractivity contribution is 8.00. The molecule has 1 N–H and O–H groups in total. The van der Waals surface area contributed by atoms with Gasteiger partial charge in [-0.05, 0) is 61.4 Å². The summed E-state index contributed by atoms with van der Waals surface area (Å²) in [6, 6.07) is 8.16. The van der Waals surface area contributed by atoms with Crippen LogP contribution in [0, 0.1) is 0 Å². The summed E-state index contributed by atoms with van der Waals surface area (Å²) in [5.41, 5.74) is 4.49. The molecule has 0 bridgehead atoms. The highest BCUT2D eigenvalue weighted by atomic mass is 32.2. The van der Waals surface area contributed by atoms with Gasteiger partial charge in [0.2, 0.25) is 11.8 Å². The van der Waals surface area contributed by atoms with Crippen molar-refractivity contribution in [3.05, 3.63) is 41.6 Å². The lowest BCUT2D eigenvalue weighted by Crippen LogP contribution is -2.24. The first-order valence-electron chi connectivity index (χ1n) is 11.1. The van der Waals surface area contributed by atoms with Gasteiger partial charge in [0.1, 0.15) is 10.6 Å². The Labute approximate surface area is 195 Å². The molecule has 1 spiro atoms. The number of nitrogens with one attached hydrogen (secondary N) is 1. The highest BCUT2D eigenvalue weighted by Crippen LogP contribution is 2.59. The molecule has 8 nitrogen and oxygen atoms in total. The summed E-state index contributed by atoms with van der Waals surface area (Å²) < 4.78 is 20.1. The Morgan fingerprint density at radius 2 is 2.09 bits per heavy atom. The molecule has 0 radical (unpaired) electrons. The lowest BCUT2D eigenvalue weighted by Gasteiger charge is -2.26. The van der Waals surface area contributed by atoms with Crippen molar-refractivity contribution in [1.29, 1.82) is 0 Å². The van der Waals surface area contributed by atoms with Gasteiger partial charge in [0.25, 0.3) is 0 Å². The largest absolute Gasteiger partial charge is 0.495 e. The van der Waals surface area contributed by atoms with Gasteiger partial charge in [-0.1, -0.05) is 11.2 Å². The molecule has 2 aromatic heterocycles. The fourth-order valence-electron chi connectivity index (χ4n) is 4.98. The Kier molecular flexibility index (Phi) is 4.76. The van der Waals surface area contributed by atoms with E-state index in [1.54, 1.807) is 26.5 Å². The van der Waals surface area contributed by atoms with Crippen LogP contribution in [0.15, 0.2) is 39.9 Å². The number of carbonyl (C=O) groups excluding carboxylic acids is 1. The maximum absolute atomic E-state index is 12.3. The average Bonchev–Trinajstić information content (AvgIpc) is 3.28. The maximum atomic E-state index is 12.3. The second kappa shape index (κ2) is 7.69. The lowest BCUT2D eigenvalue weighted by atomic mass is 9.79. The van der Waals surface area contributed by atoms with Gasteiger partial charge < -0.3 is 23.6 Å². The molecule has 1 aromatic carbocycles. The van der Waals surface area contributed by atoms with Gasteiger partial charge in [0.05, 0.1) is 14.2 Å². The first kappa shape index (κ1) is 20.4. The third kappa shape index (κ3) is 3.25. The first-order valence-corrected chi connectivity index (χ1v) is 11.9. The smallest absolute Gasteiger partial charge is 0.232 e. The van der Waals surface area contributed by atoms with Crippen molar-refractivity contribution in [2.45, 2.75) is 42.4 Å². The molecular formula is C24H24N4O4S. The van der Waals surface area contributed by atoms with Crippen molar-refractivity contribution in [3.8, 4) is 23.0 Å². The number of carbonyl (C=O) groups is 1. The number of hydrogen-bond acceptors (Lipinski definition) is 8. The van der Waals surface area contributed by atoms with E-state index in [4.69, 9.17) is 14.0 Å². The Bertz CT molecular complexity index is 1230. The van der Waals surface area contributed by atoms with E-state index in [0.717, 1.165) is 59.7 Å². The number of fused-ring (bicyclic) bond motifs is 4. The number of nitrogens with zero attached hydrogens (tertiary/aromatic N) is 3. The average molecular weight is 465 g/mol. The summed E-state index contributed by atoms with van der Waals surface area (Å²) in [6.07, 6.45) is 6.33. The summed E-state index contributed by atoms with van der Waals surface area (Å²) in [4.78, 5) is 19.2. The third-order valence-corrected chi connectivity index (χ3v) is 7.74. The number of aromatic nitrogens is 2. The Morgan fingerprint density at radius 3 is 2.82 bits per heavy atom. The number of methoxy groups -OCH3 is 2. The normalized spacial score (nSPS) is 17.6. The van der Waals surface area contributed by atoms with Crippen LogP contribution in [-0.4, -0.2) is 36.8 Å². The van der Waals surface area contributed by atoms with E-state index < -0.39 is 0 Å². The summed E-state index contributed by atoms with van der Waals surface area (Å²) in [5, 5.41) is 4.37. The molecule has 2 aliphatic carbocycles. The first-order chi connectivity index (χ1) is 16.1. The minimum Gasteiger partial charge on any atom is -0.495 e. The zero-order valence-corrected chi connectivity index (χ0v) is 19.3. The standard InChI is InChI=1S/C24H24N4O4S/c1-30-18-7-10-25-23(31-2)21(18)33-27-22-16-13-24(8-9-24)17-6-5-14(28-11-3-4-19(28)29)12-15(17)20(16)32-26-22/h5-7,10,12H,3-4,8-9,11,13H2,1-2H3,(H,26,27). The number of pyridine rings is 1. The number of ether oxygens (including phenoxy) is 2. The number of anilines is 2. The van der Waals surface area contributed by atoms with Crippen molar-refractivity contribution in [1.82, 2.24) is 10.1 Å². The van der Waals surface area contributed by atoms with Crippen LogP contribution in [0.3, 0.4) is 0 Å². The van der Waals surface area contributed by atoms with E-state index in [-0.39, 0.29) is 11.3 Å². The third-order valence-electron chi connectivity index (χ3n) is 6.86. The van der Waals surface area contributed by atoms with E-state index in [1.165, 1.54) is 17.5 Å². The Hall–Kier alpha value is -3.20. The molecule has 0 atom stereocenters. The molecule has 3 aromatic rings. The minimum absolute atomic E-state index is 0.131. The van der Waals surface area contributed by atoms with Crippen molar-refractivity contribution in [3.63, 3.8) is 0 Å². The Balaban J connectivity index is 1.35. The van der Waals surface area contributed by atoms with Gasteiger partial charge in [-0.25, -0.2) is 4.98 Å². The van der Waals surface area contributed by atoms with Gasteiger partial charge in [0.15, 0.2) is 11.6 Å². The molecule has 1 amide bonds. The maximum Gasteiger partial charge on any atom is 0.232 e. The molecule has 1 saturated carbocycles. The molecule has 170 valence electrons. The molecule has 33 heavy (non-hydrogen) atoms. The molecule has 0 unspecified atom stereocenters. The van der Waals surface area contributed by atoms with E-state index in [0.29, 0.717) is 23.9 Å². The van der Waals surface area contributed by atoms with Gasteiger partial charge in [-0.2, -0.15) is 0 Å². The number of benzene rings is 1. The number of amides is 1. The molecular weight excluding hydrogens is 440 g/mol. The van der Waals surface area contributed by atoms with Gasteiger partial charge in [0, 0.05) is 41.4 Å². The second-order valence-electron chi connectivity index (χ2n) is 8.73. The van der Waals surface area contributed by atoms with Crippen LogP contribution < -0.4 is 19.1 Å². The number of hydrogen-bond donors (Lipinski definition) is 1.